The Balaban J connectivity index is 1.06. The predicted molar refractivity (Wildman–Crippen MR) is 283 cm³/mol. The summed E-state index contributed by atoms with van der Waals surface area (Å²) in [6, 6.07) is 81.2. The zero-order valence-corrected chi connectivity index (χ0v) is 37.5. The van der Waals surface area contributed by atoms with Gasteiger partial charge in [0.05, 0.1) is 16.7 Å². The van der Waals surface area contributed by atoms with Gasteiger partial charge in [0.1, 0.15) is 0 Å². The zero-order chi connectivity index (χ0) is 45.0. The van der Waals surface area contributed by atoms with Crippen molar-refractivity contribution in [3.63, 3.8) is 0 Å². The molecule has 13 aromatic rings. The first-order valence-electron chi connectivity index (χ1n) is 22.8. The molecule has 0 aliphatic carbocycles. The molecule has 68 heavy (non-hydrogen) atoms. The van der Waals surface area contributed by atoms with Crippen LogP contribution in [0.25, 0.3) is 126 Å². The largest absolute Gasteiger partial charge is 0.309 e. The van der Waals surface area contributed by atoms with Crippen LogP contribution in [0.4, 0.5) is 0 Å². The van der Waals surface area contributed by atoms with E-state index in [0.717, 1.165) is 67.0 Å². The van der Waals surface area contributed by atoms with Crippen LogP contribution >= 0.6 is 11.3 Å². The second kappa shape index (κ2) is 16.5. The molecular formula is C62H39N5S. The number of rotatable bonds is 8. The van der Waals surface area contributed by atoms with E-state index in [1.165, 1.54) is 42.0 Å². The molecule has 0 N–H and O–H groups in total. The van der Waals surface area contributed by atoms with Gasteiger partial charge in [0.2, 0.25) is 0 Å². The maximum absolute atomic E-state index is 5.44. The van der Waals surface area contributed by atoms with Gasteiger partial charge in [-0.15, -0.1) is 11.3 Å². The van der Waals surface area contributed by atoms with Gasteiger partial charge < -0.3 is 4.57 Å². The molecule has 0 radical (unpaired) electrons. The van der Waals surface area contributed by atoms with Gasteiger partial charge >= 0.3 is 0 Å². The topological polar surface area (TPSA) is 56.5 Å². The maximum atomic E-state index is 5.44. The number of hydrogen-bond acceptors (Lipinski definition) is 5. The lowest BCUT2D eigenvalue weighted by Gasteiger charge is -2.16. The smallest absolute Gasteiger partial charge is 0.166 e. The number of fused-ring (bicyclic) bond motifs is 7. The third-order valence-corrected chi connectivity index (χ3v) is 14.1. The summed E-state index contributed by atoms with van der Waals surface area (Å²) in [6.07, 6.45) is 2.02. The molecule has 0 fully saturated rings. The molecule has 0 bridgehead atoms. The number of benzene rings is 9. The molecule has 6 heteroatoms. The summed E-state index contributed by atoms with van der Waals surface area (Å²) in [5.41, 5.74) is 14.5. The summed E-state index contributed by atoms with van der Waals surface area (Å²) >= 11 is 1.85. The van der Waals surface area contributed by atoms with E-state index in [-0.39, 0.29) is 0 Å². The van der Waals surface area contributed by atoms with Gasteiger partial charge in [-0.1, -0.05) is 182 Å². The van der Waals surface area contributed by atoms with Gasteiger partial charge in [0.25, 0.3) is 0 Å². The normalized spacial score (nSPS) is 11.5. The Morgan fingerprint density at radius 3 is 1.60 bits per heavy atom. The molecule has 5 nitrogen and oxygen atoms in total. The number of aromatic nitrogens is 5. The highest BCUT2D eigenvalue weighted by molar-refractivity contribution is 7.26. The lowest BCUT2D eigenvalue weighted by molar-refractivity contribution is 1.07. The lowest BCUT2D eigenvalue weighted by atomic mass is 9.90. The molecule has 4 aromatic heterocycles. The Labute approximate surface area is 397 Å². The van der Waals surface area contributed by atoms with Crippen molar-refractivity contribution in [3.05, 3.63) is 237 Å². The van der Waals surface area contributed by atoms with Gasteiger partial charge in [-0.25, -0.2) is 15.0 Å². The highest BCUT2D eigenvalue weighted by atomic mass is 32.1. The average molecular weight is 886 g/mol. The Kier molecular flexibility index (Phi) is 9.62. The SMILES string of the molecule is c1ccc(-c2ccc(-c3ccccc3)c(-c3cnc(-c4ccc5sc6c(ccc7c6c6ccccc6n7-c6ccccc6)c5c4)c(-c4nc(-c5ccccc5)nc(-c5ccccc5)n4)c3)c2)cc1. The molecule has 0 aliphatic rings. The fraction of sp³-hybridized carbons (Fsp3) is 0. The van der Waals surface area contributed by atoms with Gasteiger partial charge in [0, 0.05) is 70.6 Å². The van der Waals surface area contributed by atoms with E-state index in [0.29, 0.717) is 17.5 Å². The fourth-order valence-corrected chi connectivity index (χ4v) is 10.9. The van der Waals surface area contributed by atoms with Crippen LogP contribution in [0.15, 0.2) is 237 Å². The first-order chi connectivity index (χ1) is 33.7. The average Bonchev–Trinajstić information content (AvgIpc) is 3.97. The van der Waals surface area contributed by atoms with Crippen LogP contribution in [0, 0.1) is 0 Å². The van der Waals surface area contributed by atoms with E-state index in [4.69, 9.17) is 19.9 Å². The molecular weight excluding hydrogens is 847 g/mol. The van der Waals surface area contributed by atoms with Gasteiger partial charge in [-0.2, -0.15) is 0 Å². The molecule has 0 amide bonds. The van der Waals surface area contributed by atoms with Crippen molar-refractivity contribution in [1.29, 1.82) is 0 Å². The second-order valence-electron chi connectivity index (χ2n) is 17.0. The summed E-state index contributed by atoms with van der Waals surface area (Å²) < 4.78 is 4.88. The van der Waals surface area contributed by atoms with Crippen LogP contribution in [0.1, 0.15) is 0 Å². The van der Waals surface area contributed by atoms with Crippen molar-refractivity contribution in [2.24, 2.45) is 0 Å². The van der Waals surface area contributed by atoms with E-state index >= 15 is 0 Å². The molecule has 0 saturated heterocycles. The summed E-state index contributed by atoms with van der Waals surface area (Å²) in [6.45, 7) is 0. The molecule has 4 heterocycles. The number of hydrogen-bond donors (Lipinski definition) is 0. The molecule has 0 unspecified atom stereocenters. The van der Waals surface area contributed by atoms with Gasteiger partial charge in [0.15, 0.2) is 17.5 Å². The molecule has 0 saturated carbocycles. The monoisotopic (exact) mass is 885 g/mol. The summed E-state index contributed by atoms with van der Waals surface area (Å²) in [5.74, 6) is 1.74. The minimum Gasteiger partial charge on any atom is -0.309 e. The predicted octanol–water partition coefficient (Wildman–Crippen LogP) is 16.4. The lowest BCUT2D eigenvalue weighted by Crippen LogP contribution is -2.02. The van der Waals surface area contributed by atoms with Crippen LogP contribution in [-0.4, -0.2) is 24.5 Å². The first-order valence-corrected chi connectivity index (χ1v) is 23.6. The fourth-order valence-electron chi connectivity index (χ4n) is 9.69. The highest BCUT2D eigenvalue weighted by Crippen LogP contribution is 2.46. The van der Waals surface area contributed by atoms with Crippen molar-refractivity contribution >= 4 is 53.3 Å². The molecule has 0 spiro atoms. The van der Waals surface area contributed by atoms with Crippen LogP contribution < -0.4 is 0 Å². The van der Waals surface area contributed by atoms with Crippen molar-refractivity contribution in [2.75, 3.05) is 0 Å². The number of pyridine rings is 1. The van der Waals surface area contributed by atoms with Crippen molar-refractivity contribution in [3.8, 4) is 84.5 Å². The van der Waals surface area contributed by atoms with Gasteiger partial charge in [-0.3, -0.25) is 4.98 Å². The summed E-state index contributed by atoms with van der Waals surface area (Å²) in [4.78, 5) is 21.1. The Hall–Kier alpha value is -8.84. The molecule has 0 aliphatic heterocycles. The minimum absolute atomic E-state index is 0.549. The van der Waals surface area contributed by atoms with Crippen molar-refractivity contribution in [2.45, 2.75) is 0 Å². The first kappa shape index (κ1) is 39.5. The van der Waals surface area contributed by atoms with E-state index in [9.17, 15) is 0 Å². The molecule has 0 atom stereocenters. The standard InChI is InChI=1S/C62H39N5S/c1-6-18-40(19-7-1)44-30-32-48(41-20-8-2-9-21-41)51(36-44)46-38-53(62-65-60(42-22-10-3-11-23-42)64-61(66-62)43-24-12-4-13-25-43)58(63-39-46)45-31-35-56-52(37-45)49-33-34-55-57(59(49)68-56)50-28-16-17-29-54(50)67(55)47-26-14-5-15-27-47/h1-39H. The Morgan fingerprint density at radius 2 is 0.912 bits per heavy atom. The van der Waals surface area contributed by atoms with E-state index < -0.39 is 0 Å². The van der Waals surface area contributed by atoms with Crippen LogP contribution in [0.3, 0.4) is 0 Å². The van der Waals surface area contributed by atoms with E-state index in [2.05, 4.69) is 199 Å². The van der Waals surface area contributed by atoms with Crippen molar-refractivity contribution < 1.29 is 0 Å². The second-order valence-corrected chi connectivity index (χ2v) is 18.0. The number of para-hydroxylation sites is 2. The Morgan fingerprint density at radius 1 is 0.338 bits per heavy atom. The molecule has 318 valence electrons. The summed E-state index contributed by atoms with van der Waals surface area (Å²) in [5, 5.41) is 4.92. The van der Waals surface area contributed by atoms with Crippen LogP contribution in [0.5, 0.6) is 0 Å². The molecule has 9 aromatic carbocycles. The van der Waals surface area contributed by atoms with Gasteiger partial charge in [-0.05, 0) is 76.3 Å². The van der Waals surface area contributed by atoms with E-state index in [1.54, 1.807) is 0 Å². The minimum atomic E-state index is 0.549. The summed E-state index contributed by atoms with van der Waals surface area (Å²) in [7, 11) is 0. The highest BCUT2D eigenvalue weighted by Gasteiger charge is 2.22. The van der Waals surface area contributed by atoms with Crippen LogP contribution in [-0.2, 0) is 0 Å². The van der Waals surface area contributed by atoms with Crippen molar-refractivity contribution in [1.82, 2.24) is 24.5 Å². The van der Waals surface area contributed by atoms with Crippen LogP contribution in [0.2, 0.25) is 0 Å². The quantitative estimate of drug-likeness (QED) is 0.153. The van der Waals surface area contributed by atoms with E-state index in [1.807, 2.05) is 53.9 Å². The maximum Gasteiger partial charge on any atom is 0.166 e. The number of nitrogens with zero attached hydrogens (tertiary/aromatic N) is 5. The third kappa shape index (κ3) is 6.86. The number of thiophene rings is 1. The molecule has 13 rings (SSSR count). The zero-order valence-electron chi connectivity index (χ0n) is 36.7. The Bertz CT molecular complexity index is 3940. The third-order valence-electron chi connectivity index (χ3n) is 12.9.